The zero-order chi connectivity index (χ0) is 19.6. The van der Waals surface area contributed by atoms with E-state index in [1.165, 1.54) is 13.2 Å². The standard InChI is InChI=1S/C20H22F3NO3/c1-27-17-7-3-5-14(9-17)19(26)12-24-11-16(25)10-18(24)13-4-2-6-15(8-13)20(21,22)23/h2-9,16,18-19,25-26H,10-12H2,1H3/t16-,18+,19-/m1/s1. The van der Waals surface area contributed by atoms with Gasteiger partial charge in [0.1, 0.15) is 5.75 Å². The number of aliphatic hydroxyl groups is 2. The minimum absolute atomic E-state index is 0.200. The third-order valence-corrected chi connectivity index (χ3v) is 4.87. The van der Waals surface area contributed by atoms with E-state index in [9.17, 15) is 23.4 Å². The summed E-state index contributed by atoms with van der Waals surface area (Å²) in [6.07, 6.45) is -5.59. The predicted octanol–water partition coefficient (Wildman–Crippen LogP) is 3.56. The van der Waals surface area contributed by atoms with Crippen molar-refractivity contribution in [2.75, 3.05) is 20.2 Å². The molecule has 2 aromatic rings. The molecule has 146 valence electrons. The number of nitrogens with zero attached hydrogens (tertiary/aromatic N) is 1. The number of benzene rings is 2. The first-order chi connectivity index (χ1) is 12.8. The van der Waals surface area contributed by atoms with E-state index in [1.807, 2.05) is 4.90 Å². The lowest BCUT2D eigenvalue weighted by Crippen LogP contribution is -2.29. The van der Waals surface area contributed by atoms with E-state index in [4.69, 9.17) is 4.74 Å². The summed E-state index contributed by atoms with van der Waals surface area (Å²) in [5.74, 6) is 0.613. The van der Waals surface area contributed by atoms with Crippen molar-refractivity contribution in [2.24, 2.45) is 0 Å². The molecule has 0 bridgehead atoms. The third kappa shape index (κ3) is 4.61. The number of likely N-dealkylation sites (tertiary alicyclic amines) is 1. The third-order valence-electron chi connectivity index (χ3n) is 4.87. The molecule has 0 radical (unpaired) electrons. The van der Waals surface area contributed by atoms with Crippen LogP contribution >= 0.6 is 0 Å². The Balaban J connectivity index is 1.80. The molecular formula is C20H22F3NO3. The van der Waals surface area contributed by atoms with Crippen LogP contribution < -0.4 is 4.74 Å². The maximum Gasteiger partial charge on any atom is 0.416 e. The van der Waals surface area contributed by atoms with E-state index in [0.717, 1.165) is 12.1 Å². The highest BCUT2D eigenvalue weighted by molar-refractivity contribution is 5.31. The van der Waals surface area contributed by atoms with Crippen LogP contribution in [-0.4, -0.2) is 41.4 Å². The summed E-state index contributed by atoms with van der Waals surface area (Å²) in [4.78, 5) is 1.82. The predicted molar refractivity (Wildman–Crippen MR) is 94.3 cm³/mol. The molecule has 0 unspecified atom stereocenters. The Morgan fingerprint density at radius 2 is 1.93 bits per heavy atom. The Morgan fingerprint density at radius 1 is 1.19 bits per heavy atom. The first-order valence-electron chi connectivity index (χ1n) is 8.69. The number of aliphatic hydroxyl groups excluding tert-OH is 2. The number of hydrogen-bond acceptors (Lipinski definition) is 4. The summed E-state index contributed by atoms with van der Waals surface area (Å²) in [5.41, 5.74) is 0.424. The van der Waals surface area contributed by atoms with Crippen molar-refractivity contribution < 1.29 is 28.1 Å². The van der Waals surface area contributed by atoms with E-state index in [2.05, 4.69) is 0 Å². The van der Waals surface area contributed by atoms with Crippen LogP contribution in [0.15, 0.2) is 48.5 Å². The van der Waals surface area contributed by atoms with Crippen LogP contribution in [0.2, 0.25) is 0 Å². The van der Waals surface area contributed by atoms with Crippen LogP contribution in [0.25, 0.3) is 0 Å². The van der Waals surface area contributed by atoms with Gasteiger partial charge in [-0.05, 0) is 41.8 Å². The summed E-state index contributed by atoms with van der Waals surface area (Å²) in [7, 11) is 1.53. The number of β-amino-alcohol motifs (C(OH)–C–C–N with tert-alkyl or cyclic N) is 2. The van der Waals surface area contributed by atoms with E-state index >= 15 is 0 Å². The summed E-state index contributed by atoms with van der Waals surface area (Å²) >= 11 is 0. The Labute approximate surface area is 155 Å². The average Bonchev–Trinajstić information content (AvgIpc) is 3.01. The van der Waals surface area contributed by atoms with Gasteiger partial charge in [-0.3, -0.25) is 4.90 Å². The van der Waals surface area contributed by atoms with Gasteiger partial charge < -0.3 is 14.9 Å². The lowest BCUT2D eigenvalue weighted by atomic mass is 10.0. The first-order valence-corrected chi connectivity index (χ1v) is 8.69. The first kappa shape index (κ1) is 19.7. The molecule has 3 atom stereocenters. The highest BCUT2D eigenvalue weighted by atomic mass is 19.4. The zero-order valence-corrected chi connectivity index (χ0v) is 14.9. The van der Waals surface area contributed by atoms with Crippen molar-refractivity contribution in [3.05, 3.63) is 65.2 Å². The molecule has 1 saturated heterocycles. The Bertz CT molecular complexity index is 781. The molecule has 3 rings (SSSR count). The van der Waals surface area contributed by atoms with Gasteiger partial charge in [-0.1, -0.05) is 24.3 Å². The molecule has 1 aliphatic heterocycles. The Kier molecular flexibility index (Phi) is 5.74. The fourth-order valence-electron chi connectivity index (χ4n) is 3.53. The van der Waals surface area contributed by atoms with Gasteiger partial charge in [0.2, 0.25) is 0 Å². The molecule has 2 aromatic carbocycles. The molecule has 0 aromatic heterocycles. The minimum Gasteiger partial charge on any atom is -0.497 e. The second kappa shape index (κ2) is 7.88. The fourth-order valence-corrected chi connectivity index (χ4v) is 3.53. The normalized spacial score (nSPS) is 22.0. The molecule has 0 spiro atoms. The maximum atomic E-state index is 13.0. The maximum absolute atomic E-state index is 13.0. The highest BCUT2D eigenvalue weighted by Crippen LogP contribution is 2.37. The van der Waals surface area contributed by atoms with E-state index in [-0.39, 0.29) is 12.6 Å². The number of halogens is 3. The molecule has 2 N–H and O–H groups in total. The highest BCUT2D eigenvalue weighted by Gasteiger charge is 2.36. The molecule has 0 amide bonds. The topological polar surface area (TPSA) is 52.9 Å². The van der Waals surface area contributed by atoms with Crippen molar-refractivity contribution in [2.45, 2.75) is 30.8 Å². The summed E-state index contributed by atoms with van der Waals surface area (Å²) in [6, 6.07) is 11.8. The van der Waals surface area contributed by atoms with Crippen LogP contribution in [0.5, 0.6) is 5.75 Å². The SMILES string of the molecule is COc1cccc([C@H](O)CN2C[C@H](O)C[C@H]2c2cccc(C(F)(F)F)c2)c1. The van der Waals surface area contributed by atoms with Gasteiger partial charge in [-0.15, -0.1) is 0 Å². The van der Waals surface area contributed by atoms with Crippen LogP contribution in [-0.2, 0) is 6.18 Å². The monoisotopic (exact) mass is 381 g/mol. The van der Waals surface area contributed by atoms with Gasteiger partial charge >= 0.3 is 6.18 Å². The smallest absolute Gasteiger partial charge is 0.416 e. The Hall–Kier alpha value is -2.09. The molecule has 0 saturated carbocycles. The van der Waals surface area contributed by atoms with Gasteiger partial charge in [0.05, 0.1) is 24.9 Å². The van der Waals surface area contributed by atoms with Crippen LogP contribution in [0.3, 0.4) is 0 Å². The molecule has 27 heavy (non-hydrogen) atoms. The second-order valence-corrected chi connectivity index (χ2v) is 6.77. The minimum atomic E-state index is -4.42. The number of ether oxygens (including phenoxy) is 1. The van der Waals surface area contributed by atoms with Crippen molar-refractivity contribution in [3.63, 3.8) is 0 Å². The average molecular weight is 381 g/mol. The molecule has 1 aliphatic rings. The van der Waals surface area contributed by atoms with Gasteiger partial charge in [-0.2, -0.15) is 13.2 Å². The quantitative estimate of drug-likeness (QED) is 0.832. The summed E-state index contributed by atoms with van der Waals surface area (Å²) in [5, 5.41) is 20.6. The fraction of sp³-hybridized carbons (Fsp3) is 0.400. The van der Waals surface area contributed by atoms with Gasteiger partial charge in [-0.25, -0.2) is 0 Å². The lowest BCUT2D eigenvalue weighted by molar-refractivity contribution is -0.137. The van der Waals surface area contributed by atoms with Gasteiger partial charge in [0.25, 0.3) is 0 Å². The van der Waals surface area contributed by atoms with Gasteiger partial charge in [0.15, 0.2) is 0 Å². The molecular weight excluding hydrogens is 359 g/mol. The van der Waals surface area contributed by atoms with Crippen LogP contribution in [0.1, 0.15) is 35.3 Å². The van der Waals surface area contributed by atoms with E-state index < -0.39 is 23.9 Å². The van der Waals surface area contributed by atoms with Crippen molar-refractivity contribution >= 4 is 0 Å². The molecule has 7 heteroatoms. The Morgan fingerprint density at radius 3 is 2.63 bits per heavy atom. The van der Waals surface area contributed by atoms with E-state index in [1.54, 1.807) is 30.3 Å². The number of hydrogen-bond donors (Lipinski definition) is 2. The van der Waals surface area contributed by atoms with Crippen molar-refractivity contribution in [1.29, 1.82) is 0 Å². The molecule has 1 heterocycles. The largest absolute Gasteiger partial charge is 0.497 e. The zero-order valence-electron chi connectivity index (χ0n) is 14.9. The van der Waals surface area contributed by atoms with Crippen molar-refractivity contribution in [3.8, 4) is 5.75 Å². The van der Waals surface area contributed by atoms with E-state index in [0.29, 0.717) is 29.8 Å². The molecule has 1 fully saturated rings. The lowest BCUT2D eigenvalue weighted by Gasteiger charge is -2.27. The molecule has 0 aliphatic carbocycles. The summed E-state index contributed by atoms with van der Waals surface area (Å²) < 4.78 is 44.2. The number of rotatable bonds is 5. The number of alkyl halides is 3. The number of methoxy groups -OCH3 is 1. The molecule has 4 nitrogen and oxygen atoms in total. The van der Waals surface area contributed by atoms with Gasteiger partial charge in [0, 0.05) is 19.1 Å². The second-order valence-electron chi connectivity index (χ2n) is 6.77. The van der Waals surface area contributed by atoms with Crippen LogP contribution in [0.4, 0.5) is 13.2 Å². The summed E-state index contributed by atoms with van der Waals surface area (Å²) in [6.45, 7) is 0.493. The van der Waals surface area contributed by atoms with Crippen molar-refractivity contribution in [1.82, 2.24) is 4.90 Å². The van der Waals surface area contributed by atoms with Crippen LogP contribution in [0, 0.1) is 0 Å².